The number of hydrogen-bond donors (Lipinski definition) is 0. The zero-order chi connectivity index (χ0) is 11.3. The zero-order valence-electron chi connectivity index (χ0n) is 10.1. The third-order valence-corrected chi connectivity index (χ3v) is 5.58. The molecule has 90 valence electrons. The van der Waals surface area contributed by atoms with Gasteiger partial charge in [-0.25, -0.2) is 0 Å². The maximum atomic E-state index is 5.85. The molecule has 1 heterocycles. The van der Waals surface area contributed by atoms with Crippen LogP contribution in [0.5, 0.6) is 0 Å². The minimum absolute atomic E-state index is 0.153. The van der Waals surface area contributed by atoms with E-state index >= 15 is 0 Å². The minimum Gasteiger partial charge on any atom is -0.374 e. The van der Waals surface area contributed by atoms with Crippen molar-refractivity contribution >= 4 is 8.80 Å². The molecular weight excluding hydrogens is 212 g/mol. The first-order valence-corrected chi connectivity index (χ1v) is 7.68. The lowest BCUT2D eigenvalue weighted by Gasteiger charge is -2.24. The molecule has 0 saturated carbocycles. The number of ether oxygens (including phenoxy) is 1. The Kier molecular flexibility index (Phi) is 5.21. The molecule has 1 fully saturated rings. The Balaban J connectivity index is 2.59. The molecule has 15 heavy (non-hydrogen) atoms. The van der Waals surface area contributed by atoms with Gasteiger partial charge in [-0.3, -0.25) is 0 Å². The quantitative estimate of drug-likeness (QED) is 0.659. The van der Waals surface area contributed by atoms with E-state index in [2.05, 4.69) is 6.92 Å². The van der Waals surface area contributed by atoms with Crippen molar-refractivity contribution in [3.8, 4) is 0 Å². The van der Waals surface area contributed by atoms with Crippen LogP contribution in [0.3, 0.4) is 0 Å². The summed E-state index contributed by atoms with van der Waals surface area (Å²) in [4.78, 5) is 0. The van der Waals surface area contributed by atoms with Crippen molar-refractivity contribution in [1.82, 2.24) is 0 Å². The smallest absolute Gasteiger partial charge is 0.374 e. The summed E-state index contributed by atoms with van der Waals surface area (Å²) in [5.74, 6) is 0.356. The highest BCUT2D eigenvalue weighted by Crippen LogP contribution is 2.34. The molecule has 0 amide bonds. The van der Waals surface area contributed by atoms with E-state index in [0.717, 1.165) is 6.04 Å². The van der Waals surface area contributed by atoms with E-state index in [0.29, 0.717) is 25.7 Å². The van der Waals surface area contributed by atoms with Crippen LogP contribution in [0.25, 0.3) is 0 Å². The van der Waals surface area contributed by atoms with Gasteiger partial charge in [-0.15, -0.1) is 0 Å². The molecule has 5 heteroatoms. The Bertz CT molecular complexity index is 182. The van der Waals surface area contributed by atoms with Crippen molar-refractivity contribution in [2.45, 2.75) is 40.0 Å². The van der Waals surface area contributed by atoms with E-state index in [1.54, 1.807) is 0 Å². The first-order chi connectivity index (χ1) is 7.17. The van der Waals surface area contributed by atoms with Gasteiger partial charge in [0, 0.05) is 31.8 Å². The van der Waals surface area contributed by atoms with E-state index in [9.17, 15) is 0 Å². The van der Waals surface area contributed by atoms with Gasteiger partial charge in [0.25, 0.3) is 0 Å². The van der Waals surface area contributed by atoms with E-state index < -0.39 is 8.80 Å². The Morgan fingerprint density at radius 3 is 2.20 bits per heavy atom. The number of hydrogen-bond acceptors (Lipinski definition) is 4. The average Bonchev–Trinajstić information content (AvgIpc) is 2.45. The van der Waals surface area contributed by atoms with Crippen molar-refractivity contribution in [3.05, 3.63) is 0 Å². The lowest BCUT2D eigenvalue weighted by atomic mass is 10.2. The van der Waals surface area contributed by atoms with Crippen LogP contribution in [-0.2, 0) is 18.0 Å². The summed E-state index contributed by atoms with van der Waals surface area (Å²) in [6.07, 6.45) is -0.153. The molecule has 4 nitrogen and oxygen atoms in total. The lowest BCUT2D eigenvalue weighted by Crippen LogP contribution is -2.43. The summed E-state index contributed by atoms with van der Waals surface area (Å²) in [7, 11) is -2.42. The van der Waals surface area contributed by atoms with Crippen LogP contribution in [0.2, 0.25) is 6.04 Å². The van der Waals surface area contributed by atoms with Crippen LogP contribution < -0.4 is 0 Å². The van der Waals surface area contributed by atoms with Gasteiger partial charge in [-0.2, -0.15) is 0 Å². The second kappa shape index (κ2) is 5.96. The van der Waals surface area contributed by atoms with Gasteiger partial charge in [-0.1, -0.05) is 6.92 Å². The fourth-order valence-corrected chi connectivity index (χ4v) is 4.93. The molecule has 0 aromatic carbocycles. The Labute approximate surface area is 93.2 Å². The molecular formula is C10H22O4Si. The van der Waals surface area contributed by atoms with E-state index in [1.807, 2.05) is 20.8 Å². The molecule has 0 radical (unpaired) electrons. The van der Waals surface area contributed by atoms with Crippen LogP contribution in [0.4, 0.5) is 0 Å². The lowest BCUT2D eigenvalue weighted by molar-refractivity contribution is -0.111. The molecule has 0 bridgehead atoms. The largest absolute Gasteiger partial charge is 0.503 e. The summed E-state index contributed by atoms with van der Waals surface area (Å²) in [6.45, 7) is 9.96. The summed E-state index contributed by atoms with van der Waals surface area (Å²) >= 11 is 0. The average molecular weight is 234 g/mol. The molecule has 0 aromatic heterocycles. The highest BCUT2D eigenvalue weighted by atomic mass is 28.4. The number of rotatable bonds is 6. The second-order valence-corrected chi connectivity index (χ2v) is 6.26. The van der Waals surface area contributed by atoms with Gasteiger partial charge in [-0.05, 0) is 20.8 Å². The minimum atomic E-state index is -2.42. The maximum Gasteiger partial charge on any atom is 0.503 e. The van der Waals surface area contributed by atoms with E-state index in [-0.39, 0.29) is 6.29 Å². The van der Waals surface area contributed by atoms with Gasteiger partial charge in [0.2, 0.25) is 0 Å². The Morgan fingerprint density at radius 1 is 1.13 bits per heavy atom. The monoisotopic (exact) mass is 234 g/mol. The fraction of sp³-hybridized carbons (Fsp3) is 1.00. The van der Waals surface area contributed by atoms with E-state index in [4.69, 9.17) is 18.0 Å². The van der Waals surface area contributed by atoms with Gasteiger partial charge in [0.05, 0.1) is 0 Å². The zero-order valence-corrected chi connectivity index (χ0v) is 11.1. The van der Waals surface area contributed by atoms with Crippen molar-refractivity contribution in [3.63, 3.8) is 0 Å². The predicted octanol–water partition coefficient (Wildman–Crippen LogP) is 2.03. The van der Waals surface area contributed by atoms with Crippen LogP contribution >= 0.6 is 0 Å². The van der Waals surface area contributed by atoms with Gasteiger partial charge in [0.1, 0.15) is 0 Å². The molecule has 0 N–H and O–H groups in total. The molecule has 2 unspecified atom stereocenters. The van der Waals surface area contributed by atoms with Crippen molar-refractivity contribution in [2.24, 2.45) is 5.92 Å². The summed E-state index contributed by atoms with van der Waals surface area (Å²) in [5, 5.41) is 0. The first kappa shape index (κ1) is 13.1. The van der Waals surface area contributed by atoms with Gasteiger partial charge in [0.15, 0.2) is 6.29 Å². The Morgan fingerprint density at radius 2 is 1.73 bits per heavy atom. The molecule has 1 aliphatic heterocycles. The second-order valence-electron chi connectivity index (χ2n) is 3.67. The summed E-state index contributed by atoms with van der Waals surface area (Å²) < 4.78 is 22.8. The molecule has 0 aliphatic carbocycles. The third kappa shape index (κ3) is 3.25. The van der Waals surface area contributed by atoms with Crippen molar-refractivity contribution < 1.29 is 18.0 Å². The summed E-state index contributed by atoms with van der Waals surface area (Å²) in [5.41, 5.74) is 0. The normalized spacial score (nSPS) is 29.6. The predicted molar refractivity (Wildman–Crippen MR) is 59.5 cm³/mol. The first-order valence-electron chi connectivity index (χ1n) is 5.74. The van der Waals surface area contributed by atoms with E-state index in [1.165, 1.54) is 0 Å². The van der Waals surface area contributed by atoms with Crippen LogP contribution in [0.15, 0.2) is 0 Å². The fourth-order valence-electron chi connectivity index (χ4n) is 1.86. The van der Waals surface area contributed by atoms with Gasteiger partial charge < -0.3 is 18.0 Å². The topological polar surface area (TPSA) is 36.9 Å². The highest BCUT2D eigenvalue weighted by molar-refractivity contribution is 6.61. The molecule has 1 saturated heterocycles. The molecule has 0 spiro atoms. The van der Waals surface area contributed by atoms with Gasteiger partial charge >= 0.3 is 8.80 Å². The van der Waals surface area contributed by atoms with Crippen LogP contribution in [0, 0.1) is 5.92 Å². The van der Waals surface area contributed by atoms with Crippen LogP contribution in [-0.4, -0.2) is 34.9 Å². The molecule has 0 aromatic rings. The molecule has 2 atom stereocenters. The molecule has 1 aliphatic rings. The maximum absolute atomic E-state index is 5.85. The molecule has 1 rings (SSSR count). The standard InChI is InChI=1S/C10H22O4Si/c1-5-11-10-9(4)8-15(14-10,12-6-2)13-7-3/h9-10H,5-8H2,1-4H3. The third-order valence-electron chi connectivity index (χ3n) is 2.39. The van der Waals surface area contributed by atoms with Crippen LogP contribution in [0.1, 0.15) is 27.7 Å². The highest BCUT2D eigenvalue weighted by Gasteiger charge is 2.52. The van der Waals surface area contributed by atoms with Crippen molar-refractivity contribution in [1.29, 1.82) is 0 Å². The van der Waals surface area contributed by atoms with Crippen molar-refractivity contribution in [2.75, 3.05) is 19.8 Å². The SMILES string of the molecule is CCOC1O[Si](OCC)(OCC)CC1C. The Hall–Kier alpha value is 0.0569. The summed E-state index contributed by atoms with van der Waals surface area (Å²) in [6, 6.07) is 0.860.